The number of para-hydroxylation sites is 1. The highest BCUT2D eigenvalue weighted by atomic mass is 32.2. The van der Waals surface area contributed by atoms with E-state index in [-0.39, 0.29) is 24.5 Å². The van der Waals surface area contributed by atoms with Crippen molar-refractivity contribution in [2.45, 2.75) is 37.1 Å². The molecule has 1 aromatic carbocycles. The van der Waals surface area contributed by atoms with Gasteiger partial charge in [0.2, 0.25) is 0 Å². The number of nitrogens with zero attached hydrogens (tertiary/aromatic N) is 1. The third-order valence-corrected chi connectivity index (χ3v) is 5.10. The average molecular weight is 352 g/mol. The minimum Gasteiger partial charge on any atom is -0.456 e. The molecule has 0 saturated heterocycles. The number of thiazole rings is 1. The second kappa shape index (κ2) is 8.88. The van der Waals surface area contributed by atoms with Crippen molar-refractivity contribution in [3.8, 4) is 0 Å². The Morgan fingerprint density at radius 1 is 1.35 bits per heavy atom. The maximum absolute atomic E-state index is 11.6. The molecule has 0 saturated carbocycles. The number of carbonyl (C=O) groups is 2. The van der Waals surface area contributed by atoms with Crippen molar-refractivity contribution in [3.05, 3.63) is 24.3 Å². The Morgan fingerprint density at radius 3 is 2.87 bits per heavy atom. The van der Waals surface area contributed by atoms with Crippen LogP contribution in [-0.4, -0.2) is 35.3 Å². The Balaban J connectivity index is 1.63. The number of ether oxygens (including phenoxy) is 1. The number of aromatic nitrogens is 1. The number of hydrogen-bond acceptors (Lipinski definition) is 6. The lowest BCUT2D eigenvalue weighted by molar-refractivity contribution is -0.148. The molecular formula is C16H20N2O3S2. The van der Waals surface area contributed by atoms with Crippen molar-refractivity contribution >= 4 is 45.2 Å². The number of hydrogen-bond donors (Lipinski definition) is 1. The fraction of sp³-hybridized carbons (Fsp3) is 0.438. The number of benzene rings is 1. The summed E-state index contributed by atoms with van der Waals surface area (Å²) >= 11 is 3.30. The Bertz CT molecular complexity index is 637. The van der Waals surface area contributed by atoms with E-state index >= 15 is 0 Å². The molecule has 0 aliphatic rings. The largest absolute Gasteiger partial charge is 0.456 e. The van der Waals surface area contributed by atoms with Crippen molar-refractivity contribution in [1.82, 2.24) is 10.3 Å². The summed E-state index contributed by atoms with van der Waals surface area (Å²) in [7, 11) is 0. The number of nitrogens with one attached hydrogen (secondary N) is 1. The van der Waals surface area contributed by atoms with Gasteiger partial charge in [0, 0.05) is 18.2 Å². The summed E-state index contributed by atoms with van der Waals surface area (Å²) in [6.07, 6.45) is 1.01. The molecule has 0 aliphatic heterocycles. The van der Waals surface area contributed by atoms with Gasteiger partial charge in [-0.05, 0) is 32.4 Å². The predicted octanol–water partition coefficient (Wildman–Crippen LogP) is 3.24. The third kappa shape index (κ3) is 6.19. The summed E-state index contributed by atoms with van der Waals surface area (Å²) in [5.41, 5.74) is 1.01. The predicted molar refractivity (Wildman–Crippen MR) is 93.8 cm³/mol. The second-order valence-electron chi connectivity index (χ2n) is 5.28. The summed E-state index contributed by atoms with van der Waals surface area (Å²) in [5.74, 6) is 0.193. The van der Waals surface area contributed by atoms with Crippen LogP contribution in [0.5, 0.6) is 0 Å². The van der Waals surface area contributed by atoms with Gasteiger partial charge in [0.15, 0.2) is 10.9 Å². The first kappa shape index (κ1) is 17.7. The van der Waals surface area contributed by atoms with Crippen LogP contribution < -0.4 is 5.32 Å². The lowest BCUT2D eigenvalue weighted by Crippen LogP contribution is -2.33. The molecule has 0 aliphatic carbocycles. The molecule has 2 rings (SSSR count). The molecule has 2 aromatic rings. The van der Waals surface area contributed by atoms with Gasteiger partial charge in [-0.25, -0.2) is 4.98 Å². The zero-order valence-corrected chi connectivity index (χ0v) is 14.8. The third-order valence-electron chi connectivity index (χ3n) is 2.84. The highest BCUT2D eigenvalue weighted by molar-refractivity contribution is 8.01. The van der Waals surface area contributed by atoms with Gasteiger partial charge in [-0.1, -0.05) is 23.9 Å². The molecule has 23 heavy (non-hydrogen) atoms. The molecule has 5 nitrogen and oxygen atoms in total. The molecule has 1 heterocycles. The molecule has 1 N–H and O–H groups in total. The van der Waals surface area contributed by atoms with Gasteiger partial charge in [-0.3, -0.25) is 9.59 Å². The quantitative estimate of drug-likeness (QED) is 0.449. The van der Waals surface area contributed by atoms with Crippen LogP contribution in [0.15, 0.2) is 28.6 Å². The van der Waals surface area contributed by atoms with Crippen LogP contribution in [0, 0.1) is 0 Å². The summed E-state index contributed by atoms with van der Waals surface area (Å²) in [6, 6.07) is 8.07. The zero-order valence-electron chi connectivity index (χ0n) is 13.2. The van der Waals surface area contributed by atoms with Crippen molar-refractivity contribution in [1.29, 1.82) is 0 Å². The van der Waals surface area contributed by atoms with E-state index < -0.39 is 0 Å². The first-order valence-corrected chi connectivity index (χ1v) is 9.28. The average Bonchev–Trinajstić information content (AvgIpc) is 2.91. The molecule has 0 spiro atoms. The molecule has 1 aromatic heterocycles. The maximum Gasteiger partial charge on any atom is 0.306 e. The topological polar surface area (TPSA) is 68.3 Å². The lowest BCUT2D eigenvalue weighted by Gasteiger charge is -2.08. The van der Waals surface area contributed by atoms with Crippen LogP contribution in [0.1, 0.15) is 26.7 Å². The second-order valence-corrected chi connectivity index (χ2v) is 7.66. The van der Waals surface area contributed by atoms with Crippen molar-refractivity contribution in [2.75, 3.05) is 12.4 Å². The minimum atomic E-state index is -0.339. The van der Waals surface area contributed by atoms with Gasteiger partial charge in [-0.15, -0.1) is 11.3 Å². The number of esters is 1. The monoisotopic (exact) mass is 352 g/mol. The van der Waals surface area contributed by atoms with Crippen LogP contribution in [0.3, 0.4) is 0 Å². The van der Waals surface area contributed by atoms with E-state index in [4.69, 9.17) is 4.74 Å². The Labute approximate surface area is 143 Å². The van der Waals surface area contributed by atoms with E-state index in [2.05, 4.69) is 16.4 Å². The van der Waals surface area contributed by atoms with Crippen LogP contribution in [-0.2, 0) is 14.3 Å². The molecule has 0 fully saturated rings. The maximum atomic E-state index is 11.6. The molecule has 124 valence electrons. The molecule has 0 radical (unpaired) electrons. The first-order chi connectivity index (χ1) is 11.0. The van der Waals surface area contributed by atoms with E-state index in [0.717, 1.165) is 15.6 Å². The van der Waals surface area contributed by atoms with E-state index in [1.165, 1.54) is 4.70 Å². The lowest BCUT2D eigenvalue weighted by atomic mass is 10.3. The van der Waals surface area contributed by atoms with Gasteiger partial charge in [0.25, 0.3) is 5.91 Å². The van der Waals surface area contributed by atoms with Crippen LogP contribution in [0.2, 0.25) is 0 Å². The molecular weight excluding hydrogens is 332 g/mol. The number of carbonyl (C=O) groups excluding carboxylic acids is 2. The van der Waals surface area contributed by atoms with E-state index in [1.54, 1.807) is 23.1 Å². The molecule has 0 atom stereocenters. The van der Waals surface area contributed by atoms with Gasteiger partial charge in [0.1, 0.15) is 0 Å². The highest BCUT2D eigenvalue weighted by Gasteiger charge is 2.09. The zero-order chi connectivity index (χ0) is 16.7. The summed E-state index contributed by atoms with van der Waals surface area (Å²) in [6.45, 7) is 3.51. The van der Waals surface area contributed by atoms with Crippen LogP contribution in [0.25, 0.3) is 10.2 Å². The van der Waals surface area contributed by atoms with Gasteiger partial charge < -0.3 is 10.1 Å². The van der Waals surface area contributed by atoms with Crippen LogP contribution in [0.4, 0.5) is 0 Å². The Kier molecular flexibility index (Phi) is 6.85. The first-order valence-electron chi connectivity index (χ1n) is 7.48. The molecule has 1 amide bonds. The van der Waals surface area contributed by atoms with Crippen molar-refractivity contribution in [3.63, 3.8) is 0 Å². The summed E-state index contributed by atoms with van der Waals surface area (Å²) in [4.78, 5) is 27.4. The van der Waals surface area contributed by atoms with Gasteiger partial charge in [-0.2, -0.15) is 0 Å². The van der Waals surface area contributed by atoms with E-state index in [0.29, 0.717) is 12.8 Å². The number of amides is 1. The SMILES string of the molecule is CC(C)NC(=O)COC(=O)CCCSc1nc2ccccc2s1. The Morgan fingerprint density at radius 2 is 2.13 bits per heavy atom. The molecule has 0 bridgehead atoms. The molecule has 7 heteroatoms. The summed E-state index contributed by atoms with van der Waals surface area (Å²) < 4.78 is 7.11. The van der Waals surface area contributed by atoms with E-state index in [1.807, 2.05) is 32.0 Å². The Hall–Kier alpha value is -1.60. The standard InChI is InChI=1S/C16H20N2O3S2/c1-11(2)17-14(19)10-21-15(20)8-5-9-22-16-18-12-6-3-4-7-13(12)23-16/h3-4,6-7,11H,5,8-10H2,1-2H3,(H,17,19). The smallest absolute Gasteiger partial charge is 0.306 e. The molecule has 0 unspecified atom stereocenters. The van der Waals surface area contributed by atoms with Crippen molar-refractivity contribution < 1.29 is 14.3 Å². The highest BCUT2D eigenvalue weighted by Crippen LogP contribution is 2.29. The van der Waals surface area contributed by atoms with Gasteiger partial charge in [0.05, 0.1) is 10.2 Å². The number of fused-ring (bicyclic) bond motifs is 1. The number of thioether (sulfide) groups is 1. The minimum absolute atomic E-state index is 0.0476. The van der Waals surface area contributed by atoms with Crippen LogP contribution >= 0.6 is 23.1 Å². The fourth-order valence-corrected chi connectivity index (χ4v) is 3.95. The fourth-order valence-electron chi connectivity index (χ4n) is 1.87. The van der Waals surface area contributed by atoms with Crippen molar-refractivity contribution in [2.24, 2.45) is 0 Å². The van der Waals surface area contributed by atoms with E-state index in [9.17, 15) is 9.59 Å². The normalized spacial score (nSPS) is 10.9. The number of rotatable bonds is 8. The summed E-state index contributed by atoms with van der Waals surface area (Å²) in [5, 5.41) is 2.67. The van der Waals surface area contributed by atoms with Gasteiger partial charge >= 0.3 is 5.97 Å².